The summed E-state index contributed by atoms with van der Waals surface area (Å²) in [6.45, 7) is 0. The van der Waals surface area contributed by atoms with Gasteiger partial charge in [-0.05, 0) is 18.6 Å². The molecule has 1 aromatic heterocycles. The number of carbonyl (C=O) groups excluding carboxylic acids is 1. The number of hydrogen-bond donors (Lipinski definition) is 0. The van der Waals surface area contributed by atoms with E-state index in [4.69, 9.17) is 4.74 Å². The number of ketones is 1. The summed E-state index contributed by atoms with van der Waals surface area (Å²) in [7, 11) is 0. The second kappa shape index (κ2) is 4.47. The Balaban J connectivity index is 2.05. The highest BCUT2D eigenvalue weighted by molar-refractivity contribution is 7.16. The Morgan fingerprint density at radius 1 is 1.21 bits per heavy atom. The lowest BCUT2D eigenvalue weighted by Gasteiger charge is -2.02. The first-order valence-electron chi connectivity index (χ1n) is 5.73. The second-order valence-corrected chi connectivity index (χ2v) is 5.12. The van der Waals surface area contributed by atoms with E-state index in [1.54, 1.807) is 24.3 Å². The Kier molecular flexibility index (Phi) is 2.79. The van der Waals surface area contributed by atoms with Crippen molar-refractivity contribution in [3.63, 3.8) is 0 Å². The molecule has 5 nitrogen and oxygen atoms in total. The molecule has 0 fully saturated rings. The highest BCUT2D eigenvalue weighted by Crippen LogP contribution is 2.47. The van der Waals surface area contributed by atoms with Gasteiger partial charge in [0.25, 0.3) is 5.06 Å². The molecule has 0 amide bonds. The molecule has 2 aromatic rings. The number of ether oxygens (including phenoxy) is 1. The van der Waals surface area contributed by atoms with E-state index in [9.17, 15) is 14.9 Å². The minimum Gasteiger partial charge on any atom is -0.440 e. The predicted octanol–water partition coefficient (Wildman–Crippen LogP) is 3.58. The van der Waals surface area contributed by atoms with Crippen LogP contribution in [0.1, 0.15) is 21.7 Å². The maximum absolute atomic E-state index is 11.6. The first-order chi connectivity index (χ1) is 9.16. The van der Waals surface area contributed by atoms with Crippen molar-refractivity contribution in [3.05, 3.63) is 50.9 Å². The number of para-hydroxylation sites is 1. The van der Waals surface area contributed by atoms with Gasteiger partial charge in [0.15, 0.2) is 5.78 Å². The average Bonchev–Trinajstić information content (AvgIpc) is 2.91. The van der Waals surface area contributed by atoms with Gasteiger partial charge in [-0.15, -0.1) is 0 Å². The molecule has 6 heteroatoms. The van der Waals surface area contributed by atoms with Gasteiger partial charge in [-0.2, -0.15) is 0 Å². The highest BCUT2D eigenvalue weighted by Gasteiger charge is 2.35. The van der Waals surface area contributed by atoms with Crippen LogP contribution in [0.25, 0.3) is 0 Å². The molecule has 0 unspecified atom stereocenters. The van der Waals surface area contributed by atoms with Gasteiger partial charge in [0.05, 0.1) is 15.4 Å². The second-order valence-electron chi connectivity index (χ2n) is 4.14. The Morgan fingerprint density at radius 2 is 1.95 bits per heavy atom. The monoisotopic (exact) mass is 275 g/mol. The SMILES string of the molecule is O=C1CCc2c1sc(Oc1ccccc1)c2[N+](=O)[O-]. The molecule has 0 saturated carbocycles. The lowest BCUT2D eigenvalue weighted by atomic mass is 10.2. The van der Waals surface area contributed by atoms with E-state index in [0.717, 1.165) is 11.3 Å². The topological polar surface area (TPSA) is 69.4 Å². The zero-order chi connectivity index (χ0) is 13.4. The molecule has 0 atom stereocenters. The van der Waals surface area contributed by atoms with E-state index in [2.05, 4.69) is 0 Å². The standard InChI is InChI=1S/C13H9NO4S/c15-10-7-6-9-11(14(16)17)13(19-12(9)10)18-8-4-2-1-3-5-8/h1-5H,6-7H2. The molecular formula is C13H9NO4S. The summed E-state index contributed by atoms with van der Waals surface area (Å²) in [5.41, 5.74) is 0.459. The normalized spacial score (nSPS) is 13.4. The Morgan fingerprint density at radius 3 is 2.63 bits per heavy atom. The minimum absolute atomic E-state index is 0.0361. The number of fused-ring (bicyclic) bond motifs is 1. The van der Waals surface area contributed by atoms with Gasteiger partial charge in [-0.25, -0.2) is 0 Å². The summed E-state index contributed by atoms with van der Waals surface area (Å²) in [5, 5.41) is 11.3. The quantitative estimate of drug-likeness (QED) is 0.634. The van der Waals surface area contributed by atoms with Crippen LogP contribution in [0.15, 0.2) is 30.3 Å². The molecule has 3 rings (SSSR count). The Bertz CT molecular complexity index is 663. The van der Waals surface area contributed by atoms with Gasteiger partial charge >= 0.3 is 5.69 Å². The largest absolute Gasteiger partial charge is 0.440 e. The van der Waals surface area contributed by atoms with Crippen molar-refractivity contribution in [2.75, 3.05) is 0 Å². The van der Waals surface area contributed by atoms with Crippen molar-refractivity contribution in [1.82, 2.24) is 0 Å². The fourth-order valence-corrected chi connectivity index (χ4v) is 3.25. The number of Topliss-reactive ketones (excluding diaryl/α,β-unsaturated/α-hetero) is 1. The number of carbonyl (C=O) groups is 1. The summed E-state index contributed by atoms with van der Waals surface area (Å²) in [6.07, 6.45) is 0.784. The van der Waals surface area contributed by atoms with Crippen molar-refractivity contribution in [2.45, 2.75) is 12.8 Å². The number of nitrogens with zero attached hydrogens (tertiary/aromatic N) is 1. The molecule has 0 spiro atoms. The van der Waals surface area contributed by atoms with Gasteiger partial charge in [-0.1, -0.05) is 29.5 Å². The van der Waals surface area contributed by atoms with E-state index in [1.165, 1.54) is 0 Å². The number of thiophene rings is 1. The minimum atomic E-state index is -0.466. The molecule has 0 N–H and O–H groups in total. The molecule has 0 bridgehead atoms. The fraction of sp³-hybridized carbons (Fsp3) is 0.154. The van der Waals surface area contributed by atoms with E-state index < -0.39 is 4.92 Å². The third kappa shape index (κ3) is 2.00. The first-order valence-corrected chi connectivity index (χ1v) is 6.54. The molecule has 1 aliphatic rings. The van der Waals surface area contributed by atoms with E-state index >= 15 is 0 Å². The molecule has 0 aliphatic heterocycles. The fourth-order valence-electron chi connectivity index (χ4n) is 2.09. The molecule has 0 saturated heterocycles. The summed E-state index contributed by atoms with van der Waals surface area (Å²) >= 11 is 1.07. The third-order valence-corrected chi connectivity index (χ3v) is 4.08. The van der Waals surface area contributed by atoms with Crippen molar-refractivity contribution < 1.29 is 14.5 Å². The zero-order valence-corrected chi connectivity index (χ0v) is 10.6. The lowest BCUT2D eigenvalue weighted by molar-refractivity contribution is -0.385. The van der Waals surface area contributed by atoms with E-state index in [1.807, 2.05) is 6.07 Å². The average molecular weight is 275 g/mol. The van der Waals surface area contributed by atoms with Crippen LogP contribution in [0, 0.1) is 10.1 Å². The van der Waals surface area contributed by atoms with Gasteiger partial charge in [-0.3, -0.25) is 14.9 Å². The van der Waals surface area contributed by atoms with Crippen molar-refractivity contribution in [1.29, 1.82) is 0 Å². The van der Waals surface area contributed by atoms with Crippen LogP contribution in [0.5, 0.6) is 10.8 Å². The van der Waals surface area contributed by atoms with Crippen LogP contribution >= 0.6 is 11.3 Å². The zero-order valence-electron chi connectivity index (χ0n) is 9.79. The lowest BCUT2D eigenvalue weighted by Crippen LogP contribution is -1.93. The van der Waals surface area contributed by atoms with Crippen LogP contribution in [0.3, 0.4) is 0 Å². The van der Waals surface area contributed by atoms with E-state index in [0.29, 0.717) is 29.0 Å². The molecule has 1 aliphatic carbocycles. The number of benzene rings is 1. The third-order valence-electron chi connectivity index (χ3n) is 2.94. The highest BCUT2D eigenvalue weighted by atomic mass is 32.1. The van der Waals surface area contributed by atoms with Crippen molar-refractivity contribution in [3.8, 4) is 10.8 Å². The summed E-state index contributed by atoms with van der Waals surface area (Å²) in [6, 6.07) is 8.84. The molecule has 19 heavy (non-hydrogen) atoms. The molecule has 0 radical (unpaired) electrons. The summed E-state index contributed by atoms with van der Waals surface area (Å²) < 4.78 is 5.54. The number of nitro groups is 1. The smallest absolute Gasteiger partial charge is 0.326 e. The molecule has 1 aromatic carbocycles. The maximum Gasteiger partial charge on any atom is 0.326 e. The van der Waals surface area contributed by atoms with Crippen LogP contribution in [0.2, 0.25) is 0 Å². The maximum atomic E-state index is 11.6. The van der Waals surface area contributed by atoms with E-state index in [-0.39, 0.29) is 16.5 Å². The van der Waals surface area contributed by atoms with Crippen molar-refractivity contribution in [2.24, 2.45) is 0 Å². The molecule has 96 valence electrons. The summed E-state index contributed by atoms with van der Waals surface area (Å²) in [4.78, 5) is 22.8. The van der Waals surface area contributed by atoms with Gasteiger partial charge in [0.1, 0.15) is 5.75 Å². The first kappa shape index (κ1) is 11.9. The van der Waals surface area contributed by atoms with Crippen LogP contribution in [0.4, 0.5) is 5.69 Å². The number of hydrogen-bond acceptors (Lipinski definition) is 5. The van der Waals surface area contributed by atoms with Gasteiger partial charge in [0.2, 0.25) is 0 Å². The van der Waals surface area contributed by atoms with Gasteiger partial charge in [0, 0.05) is 6.42 Å². The Labute approximate surface area is 112 Å². The van der Waals surface area contributed by atoms with Crippen molar-refractivity contribution >= 4 is 22.8 Å². The van der Waals surface area contributed by atoms with Crippen LogP contribution < -0.4 is 4.74 Å². The predicted molar refractivity (Wildman–Crippen MR) is 70.1 cm³/mol. The number of rotatable bonds is 3. The van der Waals surface area contributed by atoms with Gasteiger partial charge < -0.3 is 4.74 Å². The molecular weight excluding hydrogens is 266 g/mol. The molecule has 1 heterocycles. The van der Waals surface area contributed by atoms with Crippen LogP contribution in [-0.2, 0) is 6.42 Å². The van der Waals surface area contributed by atoms with Crippen LogP contribution in [-0.4, -0.2) is 10.7 Å². The summed E-state index contributed by atoms with van der Waals surface area (Å²) in [5.74, 6) is 0.490. The Hall–Kier alpha value is -2.21.